The summed E-state index contributed by atoms with van der Waals surface area (Å²) >= 11 is 0. The van der Waals surface area contributed by atoms with Gasteiger partial charge >= 0.3 is 0 Å². The summed E-state index contributed by atoms with van der Waals surface area (Å²) in [4.78, 5) is 4.36. The van der Waals surface area contributed by atoms with E-state index in [1.54, 1.807) is 24.1 Å². The number of hydrazine groups is 1. The van der Waals surface area contributed by atoms with Gasteiger partial charge in [-0.15, -0.1) is 0 Å². The Balaban J connectivity index is 2.09. The number of aromatic nitrogens is 3. The van der Waals surface area contributed by atoms with E-state index in [0.29, 0.717) is 5.82 Å². The predicted octanol–water partition coefficient (Wildman–Crippen LogP) is 1.10. The van der Waals surface area contributed by atoms with Gasteiger partial charge in [-0.1, -0.05) is 18.2 Å². The lowest BCUT2D eigenvalue weighted by Gasteiger charge is -2.16. The van der Waals surface area contributed by atoms with Crippen LogP contribution < -0.4 is 17.0 Å². The Hall–Kier alpha value is -2.44. The Morgan fingerprint density at radius 2 is 2.15 bits per heavy atom. The van der Waals surface area contributed by atoms with Gasteiger partial charge in [0.2, 0.25) is 0 Å². The molecule has 0 aliphatic carbocycles. The van der Waals surface area contributed by atoms with Crippen molar-refractivity contribution in [3.8, 4) is 0 Å². The third-order valence-corrected chi connectivity index (χ3v) is 3.46. The summed E-state index contributed by atoms with van der Waals surface area (Å²) in [6.45, 7) is 0. The third kappa shape index (κ3) is 2.01. The first-order valence-corrected chi connectivity index (χ1v) is 6.29. The Morgan fingerprint density at radius 1 is 1.30 bits per heavy atom. The van der Waals surface area contributed by atoms with Crippen LogP contribution in [0.15, 0.2) is 42.7 Å². The molecule has 0 amide bonds. The summed E-state index contributed by atoms with van der Waals surface area (Å²) < 4.78 is 1.62. The van der Waals surface area contributed by atoms with Gasteiger partial charge < -0.3 is 5.73 Å². The van der Waals surface area contributed by atoms with Crippen LogP contribution in [0.4, 0.5) is 5.82 Å². The highest BCUT2D eigenvalue weighted by molar-refractivity contribution is 5.79. The third-order valence-electron chi connectivity index (χ3n) is 3.46. The molecule has 6 heteroatoms. The van der Waals surface area contributed by atoms with Crippen molar-refractivity contribution in [1.82, 2.24) is 20.2 Å². The van der Waals surface area contributed by atoms with Crippen molar-refractivity contribution >= 4 is 16.7 Å². The molecule has 3 rings (SSSR count). The molecule has 3 aromatic rings. The number of pyridine rings is 1. The molecule has 1 aromatic carbocycles. The molecule has 1 atom stereocenters. The fraction of sp³-hybridized carbons (Fsp3) is 0.143. The molecule has 1 unspecified atom stereocenters. The van der Waals surface area contributed by atoms with E-state index >= 15 is 0 Å². The number of benzene rings is 1. The smallest absolute Gasteiger partial charge is 0.126 e. The zero-order chi connectivity index (χ0) is 14.1. The largest absolute Gasteiger partial charge is 0.384 e. The van der Waals surface area contributed by atoms with Crippen LogP contribution in [0.1, 0.15) is 17.2 Å². The van der Waals surface area contributed by atoms with Crippen LogP contribution in [0, 0.1) is 0 Å². The number of hydrogen-bond donors (Lipinski definition) is 3. The maximum atomic E-state index is 6.02. The standard InChI is InChI=1S/C14H16N6/c1-20-14(15)11(8-18-20)13(19-16)10-5-4-9-3-2-6-17-12(9)7-10/h2-8,13,19H,15-16H2,1H3. The summed E-state index contributed by atoms with van der Waals surface area (Å²) in [7, 11) is 1.80. The monoisotopic (exact) mass is 268 g/mol. The highest BCUT2D eigenvalue weighted by Gasteiger charge is 2.18. The molecular weight excluding hydrogens is 252 g/mol. The van der Waals surface area contributed by atoms with E-state index in [9.17, 15) is 0 Å². The van der Waals surface area contributed by atoms with E-state index in [4.69, 9.17) is 11.6 Å². The van der Waals surface area contributed by atoms with Crippen molar-refractivity contribution in [2.45, 2.75) is 6.04 Å². The van der Waals surface area contributed by atoms with E-state index in [2.05, 4.69) is 15.5 Å². The number of nitrogens with two attached hydrogens (primary N) is 2. The van der Waals surface area contributed by atoms with Gasteiger partial charge in [0.25, 0.3) is 0 Å². The Bertz CT molecular complexity index is 748. The summed E-state index contributed by atoms with van der Waals surface area (Å²) in [6.07, 6.45) is 3.50. The average molecular weight is 268 g/mol. The molecule has 6 nitrogen and oxygen atoms in total. The molecule has 2 aromatic heterocycles. The average Bonchev–Trinajstić information content (AvgIpc) is 2.80. The SMILES string of the molecule is Cn1ncc(C(NN)c2ccc3cccnc3c2)c1N. The highest BCUT2D eigenvalue weighted by atomic mass is 15.3. The molecular formula is C14H16N6. The Morgan fingerprint density at radius 3 is 2.85 bits per heavy atom. The molecule has 0 saturated heterocycles. The summed E-state index contributed by atoms with van der Waals surface area (Å²) in [5, 5.41) is 5.24. The summed E-state index contributed by atoms with van der Waals surface area (Å²) in [5.41, 5.74) is 11.6. The van der Waals surface area contributed by atoms with Gasteiger partial charge in [0.1, 0.15) is 5.82 Å². The van der Waals surface area contributed by atoms with Crippen LogP contribution in [0.2, 0.25) is 0 Å². The minimum atomic E-state index is -0.213. The van der Waals surface area contributed by atoms with Gasteiger partial charge in [-0.2, -0.15) is 5.10 Å². The molecule has 0 fully saturated rings. The van der Waals surface area contributed by atoms with Crippen molar-refractivity contribution in [3.63, 3.8) is 0 Å². The molecule has 5 N–H and O–H groups in total. The van der Waals surface area contributed by atoms with Crippen LogP contribution in [-0.4, -0.2) is 14.8 Å². The maximum Gasteiger partial charge on any atom is 0.126 e. The molecule has 2 heterocycles. The number of fused-ring (bicyclic) bond motifs is 1. The first-order chi connectivity index (χ1) is 9.70. The second-order valence-electron chi connectivity index (χ2n) is 4.66. The van der Waals surface area contributed by atoms with Crippen LogP contribution in [0.25, 0.3) is 10.9 Å². The normalized spacial score (nSPS) is 12.7. The van der Waals surface area contributed by atoms with Gasteiger partial charge in [-0.05, 0) is 17.7 Å². The lowest BCUT2D eigenvalue weighted by atomic mass is 10.00. The van der Waals surface area contributed by atoms with Crippen molar-refractivity contribution in [2.75, 3.05) is 5.73 Å². The van der Waals surface area contributed by atoms with Crippen molar-refractivity contribution < 1.29 is 0 Å². The number of nitrogen functional groups attached to an aromatic ring is 1. The topological polar surface area (TPSA) is 94.8 Å². The minimum Gasteiger partial charge on any atom is -0.384 e. The van der Waals surface area contributed by atoms with E-state index in [1.165, 1.54) is 0 Å². The number of rotatable bonds is 3. The maximum absolute atomic E-state index is 6.02. The van der Waals surface area contributed by atoms with Gasteiger partial charge in [0, 0.05) is 24.2 Å². The van der Waals surface area contributed by atoms with Crippen molar-refractivity contribution in [2.24, 2.45) is 12.9 Å². The number of hydrogen-bond acceptors (Lipinski definition) is 5. The number of aryl methyl sites for hydroxylation is 1. The Kier molecular flexibility index (Phi) is 3.09. The Labute approximate surface area is 116 Å². The quantitative estimate of drug-likeness (QED) is 0.488. The fourth-order valence-electron chi connectivity index (χ4n) is 2.31. The minimum absolute atomic E-state index is 0.213. The lowest BCUT2D eigenvalue weighted by Crippen LogP contribution is -2.29. The van der Waals surface area contributed by atoms with Gasteiger partial charge in [0.15, 0.2) is 0 Å². The van der Waals surface area contributed by atoms with E-state index in [-0.39, 0.29) is 6.04 Å². The fourth-order valence-corrected chi connectivity index (χ4v) is 2.31. The van der Waals surface area contributed by atoms with Crippen LogP contribution in [0.3, 0.4) is 0 Å². The number of nitrogens with zero attached hydrogens (tertiary/aromatic N) is 3. The second-order valence-corrected chi connectivity index (χ2v) is 4.66. The van der Waals surface area contributed by atoms with Crippen molar-refractivity contribution in [3.05, 3.63) is 53.9 Å². The summed E-state index contributed by atoms with van der Waals surface area (Å²) in [5.74, 6) is 6.29. The van der Waals surface area contributed by atoms with Crippen LogP contribution >= 0.6 is 0 Å². The molecule has 0 radical (unpaired) electrons. The highest BCUT2D eigenvalue weighted by Crippen LogP contribution is 2.27. The lowest BCUT2D eigenvalue weighted by molar-refractivity contribution is 0.638. The first-order valence-electron chi connectivity index (χ1n) is 6.29. The molecule has 0 aliphatic heterocycles. The second kappa shape index (κ2) is 4.92. The zero-order valence-corrected chi connectivity index (χ0v) is 11.1. The van der Waals surface area contributed by atoms with E-state index in [1.807, 2.05) is 30.3 Å². The molecule has 0 bridgehead atoms. The number of nitrogens with one attached hydrogen (secondary N) is 1. The first kappa shape index (κ1) is 12.6. The van der Waals surface area contributed by atoms with Gasteiger partial charge in [-0.25, -0.2) is 5.43 Å². The van der Waals surface area contributed by atoms with Crippen LogP contribution in [0.5, 0.6) is 0 Å². The molecule has 102 valence electrons. The number of anilines is 1. The van der Waals surface area contributed by atoms with Gasteiger partial charge in [-0.3, -0.25) is 15.5 Å². The molecule has 0 aliphatic rings. The molecule has 20 heavy (non-hydrogen) atoms. The van der Waals surface area contributed by atoms with E-state index in [0.717, 1.165) is 22.0 Å². The van der Waals surface area contributed by atoms with Crippen molar-refractivity contribution in [1.29, 1.82) is 0 Å². The van der Waals surface area contributed by atoms with E-state index < -0.39 is 0 Å². The summed E-state index contributed by atoms with van der Waals surface area (Å²) in [6, 6.07) is 9.77. The van der Waals surface area contributed by atoms with Gasteiger partial charge in [0.05, 0.1) is 17.8 Å². The van der Waals surface area contributed by atoms with Crippen LogP contribution in [-0.2, 0) is 7.05 Å². The predicted molar refractivity (Wildman–Crippen MR) is 78.5 cm³/mol. The zero-order valence-electron chi connectivity index (χ0n) is 11.1. The molecule has 0 saturated carbocycles. The molecule has 0 spiro atoms.